The van der Waals surface area contributed by atoms with Crippen molar-refractivity contribution < 1.29 is 21.4 Å². The largest absolute Gasteiger partial charge is 0.357 e. The van der Waals surface area contributed by atoms with E-state index in [-0.39, 0.29) is 0 Å². The number of nitrogens with two attached hydrogens (primary N) is 1. The highest BCUT2D eigenvalue weighted by atomic mass is 32.3. The molecule has 1 rings (SSSR count). The van der Waals surface area contributed by atoms with Crippen LogP contribution in [0.4, 0.5) is 0 Å². The molecule has 11 heteroatoms. The minimum atomic E-state index is -5.04. The molecular formula is C2H4N4O5S2. The van der Waals surface area contributed by atoms with E-state index >= 15 is 0 Å². The fourth-order valence-electron chi connectivity index (χ4n) is 0.608. The highest BCUT2D eigenvalue weighted by molar-refractivity contribution is 8.07. The zero-order valence-electron chi connectivity index (χ0n) is 5.89. The standard InChI is InChI=1S/C2H4N4O5S2/c3-12(7,8)2(13(9,10)11)1-4-6-5-2/h1H,(H2,3,7,8)(H,9,10,11). The molecule has 0 bridgehead atoms. The molecule has 1 heterocycles. The minimum absolute atomic E-state index is 0.331. The topological polar surface area (TPSA) is 152 Å². The molecule has 13 heavy (non-hydrogen) atoms. The van der Waals surface area contributed by atoms with E-state index < -0.39 is 24.3 Å². The van der Waals surface area contributed by atoms with Gasteiger partial charge in [-0.15, -0.1) is 10.2 Å². The Morgan fingerprint density at radius 3 is 2.00 bits per heavy atom. The zero-order chi connectivity index (χ0) is 10.3. The van der Waals surface area contributed by atoms with Gasteiger partial charge in [0.1, 0.15) is 0 Å². The first-order valence-electron chi connectivity index (χ1n) is 2.66. The van der Waals surface area contributed by atoms with Crippen LogP contribution in [-0.2, 0) is 20.1 Å². The highest BCUT2D eigenvalue weighted by Gasteiger charge is 2.55. The van der Waals surface area contributed by atoms with Crippen molar-refractivity contribution in [2.24, 2.45) is 20.6 Å². The Labute approximate surface area is 73.1 Å². The van der Waals surface area contributed by atoms with Crippen molar-refractivity contribution in [1.29, 1.82) is 0 Å². The summed E-state index contributed by atoms with van der Waals surface area (Å²) in [6, 6.07) is 0. The van der Waals surface area contributed by atoms with Gasteiger partial charge in [0.2, 0.25) is 0 Å². The lowest BCUT2D eigenvalue weighted by atomic mass is 10.7. The second kappa shape index (κ2) is 2.54. The van der Waals surface area contributed by atoms with Gasteiger partial charge in [0.25, 0.3) is 10.0 Å². The van der Waals surface area contributed by atoms with Gasteiger partial charge in [-0.3, -0.25) is 4.55 Å². The molecule has 1 atom stereocenters. The first-order valence-corrected chi connectivity index (χ1v) is 5.65. The van der Waals surface area contributed by atoms with E-state index in [1.165, 1.54) is 0 Å². The van der Waals surface area contributed by atoms with Crippen molar-refractivity contribution in [3.05, 3.63) is 0 Å². The Balaban J connectivity index is 3.56. The molecule has 0 aromatic carbocycles. The van der Waals surface area contributed by atoms with Crippen LogP contribution in [-0.4, -0.2) is 31.8 Å². The molecule has 1 aliphatic rings. The molecule has 1 aliphatic heterocycles. The van der Waals surface area contributed by atoms with Crippen molar-refractivity contribution in [3.8, 4) is 0 Å². The molecule has 3 N–H and O–H groups in total. The number of rotatable bonds is 2. The predicted molar refractivity (Wildman–Crippen MR) is 40.7 cm³/mol. The fraction of sp³-hybridized carbons (Fsp3) is 0.500. The van der Waals surface area contributed by atoms with Crippen LogP contribution in [0.1, 0.15) is 0 Å². The summed E-state index contributed by atoms with van der Waals surface area (Å²) in [4.78, 5) is 0. The summed E-state index contributed by atoms with van der Waals surface area (Å²) in [7, 11) is -9.71. The second-order valence-electron chi connectivity index (χ2n) is 2.08. The number of primary sulfonamides is 1. The summed E-state index contributed by atoms with van der Waals surface area (Å²) in [5.74, 6) is 0. The Hall–Kier alpha value is -0.910. The monoisotopic (exact) mass is 228 g/mol. The lowest BCUT2D eigenvalue weighted by molar-refractivity contribution is 0.469. The minimum Gasteiger partial charge on any atom is -0.282 e. The van der Waals surface area contributed by atoms with E-state index in [4.69, 9.17) is 4.55 Å². The Morgan fingerprint density at radius 1 is 1.31 bits per heavy atom. The smallest absolute Gasteiger partial charge is 0.282 e. The lowest BCUT2D eigenvalue weighted by Gasteiger charge is -2.13. The number of nitrogens with zero attached hydrogens (tertiary/aromatic N) is 3. The molecule has 0 aliphatic carbocycles. The molecule has 0 fully saturated rings. The SMILES string of the molecule is NS(=O)(=O)C1(S(=O)(=O)O)C=NN=N1. The molecule has 1 unspecified atom stereocenters. The highest BCUT2D eigenvalue weighted by Crippen LogP contribution is 2.25. The van der Waals surface area contributed by atoms with Gasteiger partial charge in [-0.05, 0) is 5.22 Å². The van der Waals surface area contributed by atoms with Gasteiger partial charge in [-0.2, -0.15) is 8.42 Å². The first kappa shape index (κ1) is 10.2. The van der Waals surface area contributed by atoms with Gasteiger partial charge in [0.05, 0.1) is 6.21 Å². The van der Waals surface area contributed by atoms with E-state index in [1.54, 1.807) is 0 Å². The second-order valence-corrected chi connectivity index (χ2v) is 5.63. The van der Waals surface area contributed by atoms with E-state index in [9.17, 15) is 16.8 Å². The summed E-state index contributed by atoms with van der Waals surface area (Å²) >= 11 is 0. The van der Waals surface area contributed by atoms with Crippen LogP contribution in [0.5, 0.6) is 0 Å². The number of sulfonamides is 1. The van der Waals surface area contributed by atoms with Crippen LogP contribution in [0, 0.1) is 0 Å². The quantitative estimate of drug-likeness (QED) is 0.538. The van der Waals surface area contributed by atoms with Crippen LogP contribution < -0.4 is 5.14 Å². The third-order valence-electron chi connectivity index (χ3n) is 1.23. The average Bonchev–Trinajstić information content (AvgIpc) is 2.28. The first-order chi connectivity index (χ1) is 5.71. The van der Waals surface area contributed by atoms with Crippen molar-refractivity contribution in [2.45, 2.75) is 4.20 Å². The van der Waals surface area contributed by atoms with E-state index in [1.807, 2.05) is 0 Å². The number of hydrogen-bond donors (Lipinski definition) is 2. The van der Waals surface area contributed by atoms with Crippen LogP contribution in [0.15, 0.2) is 15.4 Å². The Morgan fingerprint density at radius 2 is 1.85 bits per heavy atom. The molecule has 0 amide bonds. The summed E-state index contributed by atoms with van der Waals surface area (Å²) in [5, 5.41) is 13.0. The molecule has 0 aromatic heterocycles. The van der Waals surface area contributed by atoms with E-state index in [2.05, 4.69) is 20.6 Å². The third-order valence-corrected chi connectivity index (χ3v) is 4.49. The van der Waals surface area contributed by atoms with Crippen LogP contribution in [0.25, 0.3) is 0 Å². The molecule has 0 aromatic rings. The van der Waals surface area contributed by atoms with Gasteiger partial charge in [0.15, 0.2) is 0 Å². The maximum atomic E-state index is 10.8. The molecule has 9 nitrogen and oxygen atoms in total. The van der Waals surface area contributed by atoms with Crippen LogP contribution in [0.3, 0.4) is 0 Å². The van der Waals surface area contributed by atoms with Gasteiger partial charge >= 0.3 is 14.3 Å². The van der Waals surface area contributed by atoms with Crippen LogP contribution in [0.2, 0.25) is 0 Å². The summed E-state index contributed by atoms with van der Waals surface area (Å²) < 4.78 is 48.5. The molecular weight excluding hydrogens is 224 g/mol. The van der Waals surface area contributed by atoms with E-state index in [0.29, 0.717) is 6.21 Å². The van der Waals surface area contributed by atoms with Crippen LogP contribution >= 0.6 is 0 Å². The fourth-order valence-corrected chi connectivity index (χ4v) is 2.45. The van der Waals surface area contributed by atoms with Crippen molar-refractivity contribution in [2.75, 3.05) is 0 Å². The summed E-state index contributed by atoms with van der Waals surface area (Å²) in [6.45, 7) is 0. The Bertz CT molecular complexity index is 425. The lowest BCUT2D eigenvalue weighted by Crippen LogP contribution is -2.48. The van der Waals surface area contributed by atoms with Crippen molar-refractivity contribution in [3.63, 3.8) is 0 Å². The molecule has 0 spiro atoms. The van der Waals surface area contributed by atoms with Crippen molar-refractivity contribution >= 4 is 26.4 Å². The third kappa shape index (κ3) is 1.35. The van der Waals surface area contributed by atoms with Gasteiger partial charge in [-0.1, -0.05) is 0 Å². The molecule has 0 radical (unpaired) electrons. The maximum Gasteiger partial charge on any atom is 0.357 e. The summed E-state index contributed by atoms with van der Waals surface area (Å²) in [6.07, 6.45) is 0.331. The molecule has 74 valence electrons. The summed E-state index contributed by atoms with van der Waals surface area (Å²) in [5.41, 5.74) is 0. The molecule has 0 saturated heterocycles. The van der Waals surface area contributed by atoms with Crippen molar-refractivity contribution in [1.82, 2.24) is 0 Å². The average molecular weight is 228 g/mol. The predicted octanol–water partition coefficient (Wildman–Crippen LogP) is -1.73. The maximum absolute atomic E-state index is 10.8. The normalized spacial score (nSPS) is 28.2. The van der Waals surface area contributed by atoms with E-state index in [0.717, 1.165) is 0 Å². The number of hydrogen-bond acceptors (Lipinski definition) is 7. The van der Waals surface area contributed by atoms with Gasteiger partial charge in [-0.25, -0.2) is 13.6 Å². The van der Waals surface area contributed by atoms with Gasteiger partial charge < -0.3 is 0 Å². The van der Waals surface area contributed by atoms with Gasteiger partial charge in [0, 0.05) is 0 Å². The Kier molecular flexibility index (Phi) is 1.99. The zero-order valence-corrected chi connectivity index (χ0v) is 7.53. The molecule has 0 saturated carbocycles.